The molecule has 15 N–H and O–H groups in total. The van der Waals surface area contributed by atoms with Crippen molar-refractivity contribution in [1.82, 2.24) is 30.8 Å². The molecule has 21 heavy (non-hydrogen) atoms. The van der Waals surface area contributed by atoms with E-state index in [1.807, 2.05) is 0 Å². The van der Waals surface area contributed by atoms with E-state index in [4.69, 9.17) is 18.6 Å². The standard InChI is InChI=1S/C8H16O2.ClHO4.Co.5H3N/c1-2-3-4-5-6-7-8(9)10;2-1(3,4)5;;;;;;/h2-7H2,1H3,(H,9,10);(H,2,3,4,5);;5*1H3/q;;+3;;;;;/p-2. The number of carboxylic acid groups (broad SMARTS) is 1. The van der Waals surface area contributed by atoms with E-state index in [2.05, 4.69) is 6.92 Å². The van der Waals surface area contributed by atoms with Gasteiger partial charge in [-0.1, -0.05) is 32.6 Å². The predicted octanol–water partition coefficient (Wildman–Crippen LogP) is -2.85. The summed E-state index contributed by atoms with van der Waals surface area (Å²) in [6.07, 6.45) is 5.61. The third-order valence-corrected chi connectivity index (χ3v) is 1.48. The van der Waals surface area contributed by atoms with Crippen LogP contribution < -0.4 is 54.5 Å². The quantitative estimate of drug-likeness (QED) is 0.289. The first-order valence-electron chi connectivity index (χ1n) is 4.59. The normalized spacial score (nSPS) is 7.48. The second-order valence-corrected chi connectivity index (χ2v) is 3.67. The summed E-state index contributed by atoms with van der Waals surface area (Å²) in [6, 6.07) is 0. The Morgan fingerprint density at radius 3 is 1.33 bits per heavy atom. The molecule has 0 saturated heterocycles. The van der Waals surface area contributed by atoms with Crippen LogP contribution in [0.4, 0.5) is 0 Å². The summed E-state index contributed by atoms with van der Waals surface area (Å²) < 4.78 is 34.0. The molecule has 0 radical (unpaired) electrons. The molecule has 0 amide bonds. The van der Waals surface area contributed by atoms with Crippen LogP contribution in [0.5, 0.6) is 0 Å². The number of halogens is 1. The number of rotatable bonds is 6. The smallest absolute Gasteiger partial charge is 0.550 e. The molecule has 0 saturated carbocycles. The third-order valence-electron chi connectivity index (χ3n) is 1.48. The Kier molecular flexibility index (Phi) is 75.8. The van der Waals surface area contributed by atoms with Gasteiger partial charge in [0.25, 0.3) is 0 Å². The second-order valence-electron chi connectivity index (χ2n) is 2.91. The van der Waals surface area contributed by atoms with Crippen molar-refractivity contribution in [2.75, 3.05) is 0 Å². The molecular weight excluding hydrogens is 357 g/mol. The van der Waals surface area contributed by atoms with E-state index in [1.165, 1.54) is 12.8 Å². The number of carbonyl (C=O) groups excluding carboxylic acids is 1. The topological polar surface area (TPSA) is 307 Å². The maximum atomic E-state index is 9.92. The van der Waals surface area contributed by atoms with Gasteiger partial charge in [0.2, 0.25) is 0 Å². The molecule has 0 aliphatic heterocycles. The van der Waals surface area contributed by atoms with E-state index >= 15 is 0 Å². The summed E-state index contributed by atoms with van der Waals surface area (Å²) in [5.41, 5.74) is 0. The second kappa shape index (κ2) is 32.0. The van der Waals surface area contributed by atoms with Crippen LogP contribution in [-0.4, -0.2) is 5.97 Å². The van der Waals surface area contributed by atoms with Crippen LogP contribution in [0, 0.1) is 10.2 Å². The first-order valence-corrected chi connectivity index (χ1v) is 5.82. The minimum atomic E-state index is -4.94. The maximum Gasteiger partial charge on any atom is 3.00 e. The first-order chi connectivity index (χ1) is 6.77. The van der Waals surface area contributed by atoms with Gasteiger partial charge in [0.15, 0.2) is 0 Å². The molecule has 0 fully saturated rings. The Hall–Kier alpha value is -0.0935. The average Bonchev–Trinajstić information content (AvgIpc) is 2.00. The van der Waals surface area contributed by atoms with Gasteiger partial charge in [-0.15, -0.1) is 10.2 Å². The zero-order valence-electron chi connectivity index (χ0n) is 12.4. The summed E-state index contributed by atoms with van der Waals surface area (Å²) in [6.45, 7) is 2.14. The Morgan fingerprint density at radius 1 is 0.810 bits per heavy atom. The van der Waals surface area contributed by atoms with Gasteiger partial charge in [-0.05, 0) is 12.8 Å². The number of hydrogen-bond donors (Lipinski definition) is 5. The van der Waals surface area contributed by atoms with Crippen molar-refractivity contribution in [3.8, 4) is 0 Å². The number of carbonyl (C=O) groups is 1. The monoisotopic (exact) mass is 386 g/mol. The number of unbranched alkanes of at least 4 members (excludes halogenated alkanes) is 4. The van der Waals surface area contributed by atoms with Gasteiger partial charge in [-0.25, -0.2) is 18.6 Å². The van der Waals surface area contributed by atoms with Gasteiger partial charge in [-0.2, -0.15) is 0 Å². The van der Waals surface area contributed by atoms with E-state index in [-0.39, 0.29) is 54.0 Å². The molecule has 0 atom stereocenters. The van der Waals surface area contributed by atoms with Crippen molar-refractivity contribution in [3.05, 3.63) is 0 Å². The minimum Gasteiger partial charge on any atom is -0.550 e. The Morgan fingerprint density at radius 2 is 1.10 bits per heavy atom. The predicted molar refractivity (Wildman–Crippen MR) is 63.5 cm³/mol. The fraction of sp³-hybridized carbons (Fsp3) is 0.875. The van der Waals surface area contributed by atoms with E-state index in [9.17, 15) is 9.90 Å². The zero-order chi connectivity index (χ0) is 12.3. The number of hydrogen-bond acceptors (Lipinski definition) is 11. The molecule has 138 valence electrons. The Bertz CT molecular complexity index is 172. The van der Waals surface area contributed by atoms with Gasteiger partial charge >= 0.3 is 16.8 Å². The molecule has 11 nitrogen and oxygen atoms in total. The van der Waals surface area contributed by atoms with Crippen molar-refractivity contribution in [1.29, 1.82) is 0 Å². The molecule has 13 heteroatoms. The van der Waals surface area contributed by atoms with E-state index < -0.39 is 16.2 Å². The summed E-state index contributed by atoms with van der Waals surface area (Å²) in [4.78, 5) is 9.92. The Balaban J connectivity index is -0.0000000231. The molecule has 0 aromatic rings. The van der Waals surface area contributed by atoms with Crippen LogP contribution >= 0.6 is 0 Å². The number of aliphatic carboxylic acids is 1. The molecule has 0 unspecified atom stereocenters. The van der Waals surface area contributed by atoms with Crippen molar-refractivity contribution in [2.45, 2.75) is 45.4 Å². The summed E-state index contributed by atoms with van der Waals surface area (Å²) in [5.74, 6) is -0.920. The molecular formula is C8H30ClCoN5O6+. The molecule has 0 aromatic carbocycles. The van der Waals surface area contributed by atoms with Crippen molar-refractivity contribution in [2.24, 2.45) is 0 Å². The SMILES string of the molecule is CCCCCCCC(=O)[O-].N.N.N.N.N.[Co+3].[O-][Cl+3]([O-])([O-])[O-]. The molecule has 0 aliphatic rings. The fourth-order valence-electron chi connectivity index (χ4n) is 0.873. The van der Waals surface area contributed by atoms with Crippen LogP contribution in [0.3, 0.4) is 0 Å². The van der Waals surface area contributed by atoms with Gasteiger partial charge in [-0.3, -0.25) is 0 Å². The summed E-state index contributed by atoms with van der Waals surface area (Å²) in [5, 5.41) is 9.92. The van der Waals surface area contributed by atoms with E-state index in [0.717, 1.165) is 19.3 Å². The third kappa shape index (κ3) is 134. The number of carboxylic acids is 1. The van der Waals surface area contributed by atoms with E-state index in [1.54, 1.807) is 0 Å². The van der Waals surface area contributed by atoms with Gasteiger partial charge in [0.05, 0.1) is 0 Å². The van der Waals surface area contributed by atoms with Crippen LogP contribution in [0.15, 0.2) is 0 Å². The molecule has 0 aromatic heterocycles. The van der Waals surface area contributed by atoms with Gasteiger partial charge in [0, 0.05) is 5.97 Å². The Labute approximate surface area is 138 Å². The van der Waals surface area contributed by atoms with Crippen LogP contribution in [0.2, 0.25) is 0 Å². The van der Waals surface area contributed by atoms with Crippen molar-refractivity contribution in [3.63, 3.8) is 0 Å². The van der Waals surface area contributed by atoms with Crippen LogP contribution in [0.1, 0.15) is 45.4 Å². The molecule has 0 heterocycles. The fourth-order valence-corrected chi connectivity index (χ4v) is 0.873. The summed E-state index contributed by atoms with van der Waals surface area (Å²) in [7, 11) is -4.94. The zero-order valence-corrected chi connectivity index (χ0v) is 14.2. The molecule has 0 rings (SSSR count). The van der Waals surface area contributed by atoms with E-state index in [0.29, 0.717) is 0 Å². The summed E-state index contributed by atoms with van der Waals surface area (Å²) >= 11 is 0. The first kappa shape index (κ1) is 49.7. The van der Waals surface area contributed by atoms with Crippen LogP contribution in [-0.2, 0) is 21.6 Å². The average molecular weight is 387 g/mol. The van der Waals surface area contributed by atoms with Gasteiger partial charge in [0.1, 0.15) is 0 Å². The minimum absolute atomic E-state index is 0. The maximum absolute atomic E-state index is 9.92. The van der Waals surface area contributed by atoms with Gasteiger partial charge < -0.3 is 40.7 Å². The van der Waals surface area contributed by atoms with Crippen molar-refractivity contribution >= 4 is 5.97 Å². The van der Waals surface area contributed by atoms with Crippen molar-refractivity contribution < 1.29 is 55.6 Å². The molecule has 0 bridgehead atoms. The molecule has 0 spiro atoms. The molecule has 0 aliphatic carbocycles. The van der Waals surface area contributed by atoms with Crippen LogP contribution in [0.25, 0.3) is 0 Å². The largest absolute Gasteiger partial charge is 3.00 e.